The quantitative estimate of drug-likeness (QED) is 0.548. The molecule has 3 aromatic carbocycles. The highest BCUT2D eigenvalue weighted by molar-refractivity contribution is 6.07. The number of carbonyl (C=O) groups excluding carboxylic acids is 1. The first-order valence-electron chi connectivity index (χ1n) is 7.84. The summed E-state index contributed by atoms with van der Waals surface area (Å²) < 4.78 is 0. The minimum Gasteiger partial charge on any atom is -0.507 e. The standard InChI is InChI=1S/C19H14N2O4/c22-17-7-3-5-13-12(17)8-9-14-15(10-18(23)20-19(13)14)11-4-1-2-6-16(11)21(24)25/h1-9,15,22H,10H2,(H,20,23). The molecular weight excluding hydrogens is 320 g/mol. The van der Waals surface area contributed by atoms with E-state index in [0.29, 0.717) is 22.0 Å². The Morgan fingerprint density at radius 1 is 1.00 bits per heavy atom. The first kappa shape index (κ1) is 15.1. The molecule has 0 spiro atoms. The lowest BCUT2D eigenvalue weighted by atomic mass is 9.82. The Bertz CT molecular complexity index is 1030. The third-order valence-electron chi connectivity index (χ3n) is 4.61. The molecule has 0 saturated heterocycles. The molecule has 1 atom stereocenters. The molecule has 1 heterocycles. The summed E-state index contributed by atoms with van der Waals surface area (Å²) in [6.45, 7) is 0. The molecule has 6 nitrogen and oxygen atoms in total. The number of fused-ring (bicyclic) bond motifs is 3. The molecule has 1 amide bonds. The van der Waals surface area contributed by atoms with Crippen molar-refractivity contribution in [1.29, 1.82) is 0 Å². The molecule has 1 aliphatic heterocycles. The Morgan fingerprint density at radius 2 is 1.80 bits per heavy atom. The maximum Gasteiger partial charge on any atom is 0.273 e. The number of para-hydroxylation sites is 1. The lowest BCUT2D eigenvalue weighted by molar-refractivity contribution is -0.385. The largest absolute Gasteiger partial charge is 0.507 e. The van der Waals surface area contributed by atoms with Crippen LogP contribution < -0.4 is 5.32 Å². The first-order valence-corrected chi connectivity index (χ1v) is 7.84. The highest BCUT2D eigenvalue weighted by Crippen LogP contribution is 2.44. The van der Waals surface area contributed by atoms with Gasteiger partial charge in [-0.2, -0.15) is 0 Å². The number of carbonyl (C=O) groups is 1. The van der Waals surface area contributed by atoms with E-state index in [-0.39, 0.29) is 23.8 Å². The summed E-state index contributed by atoms with van der Waals surface area (Å²) in [7, 11) is 0. The van der Waals surface area contributed by atoms with Crippen LogP contribution in [-0.4, -0.2) is 15.9 Å². The van der Waals surface area contributed by atoms with Gasteiger partial charge in [0.2, 0.25) is 5.91 Å². The maximum atomic E-state index is 12.3. The number of phenolic OH excluding ortho intramolecular Hbond substituents is 1. The lowest BCUT2D eigenvalue weighted by Gasteiger charge is -2.27. The van der Waals surface area contributed by atoms with Crippen LogP contribution in [0.25, 0.3) is 10.8 Å². The predicted octanol–water partition coefficient (Wildman–Crippen LogP) is 3.93. The highest BCUT2D eigenvalue weighted by atomic mass is 16.6. The Hall–Kier alpha value is -3.41. The summed E-state index contributed by atoms with van der Waals surface area (Å²) in [5.74, 6) is -0.481. The van der Waals surface area contributed by atoms with Crippen molar-refractivity contribution >= 4 is 28.1 Å². The summed E-state index contributed by atoms with van der Waals surface area (Å²) in [5, 5.41) is 25.6. The minimum absolute atomic E-state index is 0.00385. The normalized spacial score (nSPS) is 16.3. The van der Waals surface area contributed by atoms with Crippen LogP contribution in [0.2, 0.25) is 0 Å². The third-order valence-corrected chi connectivity index (χ3v) is 4.61. The van der Waals surface area contributed by atoms with Gasteiger partial charge in [-0.15, -0.1) is 0 Å². The fourth-order valence-corrected chi connectivity index (χ4v) is 3.50. The molecule has 25 heavy (non-hydrogen) atoms. The van der Waals surface area contributed by atoms with Crippen molar-refractivity contribution in [2.45, 2.75) is 12.3 Å². The Balaban J connectivity index is 1.98. The van der Waals surface area contributed by atoms with E-state index in [1.165, 1.54) is 6.07 Å². The zero-order valence-corrected chi connectivity index (χ0v) is 13.1. The van der Waals surface area contributed by atoms with Gasteiger partial charge in [0.15, 0.2) is 0 Å². The van der Waals surface area contributed by atoms with Crippen molar-refractivity contribution in [2.24, 2.45) is 0 Å². The lowest BCUT2D eigenvalue weighted by Crippen LogP contribution is -2.24. The smallest absolute Gasteiger partial charge is 0.273 e. The summed E-state index contributed by atoms with van der Waals surface area (Å²) in [4.78, 5) is 23.2. The fraction of sp³-hybridized carbons (Fsp3) is 0.105. The van der Waals surface area contributed by atoms with E-state index < -0.39 is 10.8 Å². The van der Waals surface area contributed by atoms with Crippen molar-refractivity contribution in [3.63, 3.8) is 0 Å². The van der Waals surface area contributed by atoms with E-state index in [1.807, 2.05) is 12.1 Å². The van der Waals surface area contributed by atoms with Crippen LogP contribution in [0.1, 0.15) is 23.5 Å². The maximum absolute atomic E-state index is 12.3. The van der Waals surface area contributed by atoms with E-state index in [9.17, 15) is 20.0 Å². The van der Waals surface area contributed by atoms with E-state index in [0.717, 1.165) is 5.56 Å². The number of nitro benzene ring substituents is 1. The predicted molar refractivity (Wildman–Crippen MR) is 93.8 cm³/mol. The molecule has 1 aliphatic rings. The molecule has 1 unspecified atom stereocenters. The van der Waals surface area contributed by atoms with E-state index in [1.54, 1.807) is 36.4 Å². The van der Waals surface area contributed by atoms with Crippen molar-refractivity contribution in [1.82, 2.24) is 0 Å². The van der Waals surface area contributed by atoms with Crippen molar-refractivity contribution < 1.29 is 14.8 Å². The van der Waals surface area contributed by atoms with Gasteiger partial charge in [-0.3, -0.25) is 14.9 Å². The topological polar surface area (TPSA) is 92.5 Å². The molecule has 0 radical (unpaired) electrons. The average Bonchev–Trinajstić information content (AvgIpc) is 2.61. The van der Waals surface area contributed by atoms with Crippen LogP contribution in [-0.2, 0) is 4.79 Å². The van der Waals surface area contributed by atoms with Gasteiger partial charge in [0.1, 0.15) is 5.75 Å². The van der Waals surface area contributed by atoms with Crippen molar-refractivity contribution in [2.75, 3.05) is 5.32 Å². The third kappa shape index (κ3) is 2.39. The monoisotopic (exact) mass is 334 g/mol. The zero-order valence-electron chi connectivity index (χ0n) is 13.1. The summed E-state index contributed by atoms with van der Waals surface area (Å²) in [5.41, 5.74) is 1.94. The van der Waals surface area contributed by atoms with Crippen LogP contribution in [0.3, 0.4) is 0 Å². The number of anilines is 1. The zero-order chi connectivity index (χ0) is 17.6. The molecule has 0 aliphatic carbocycles. The van der Waals surface area contributed by atoms with Gasteiger partial charge < -0.3 is 10.4 Å². The van der Waals surface area contributed by atoms with E-state index >= 15 is 0 Å². The molecule has 0 fully saturated rings. The number of hydrogen-bond acceptors (Lipinski definition) is 4. The van der Waals surface area contributed by atoms with Crippen LogP contribution in [0.15, 0.2) is 54.6 Å². The Morgan fingerprint density at radius 3 is 2.60 bits per heavy atom. The highest BCUT2D eigenvalue weighted by Gasteiger charge is 2.32. The average molecular weight is 334 g/mol. The minimum atomic E-state index is -0.422. The fourth-order valence-electron chi connectivity index (χ4n) is 3.50. The second-order valence-corrected chi connectivity index (χ2v) is 6.02. The number of rotatable bonds is 2. The molecule has 4 rings (SSSR count). The Kier molecular flexibility index (Phi) is 3.39. The summed E-state index contributed by atoms with van der Waals surface area (Å²) in [6.07, 6.45) is 0.141. The van der Waals surface area contributed by atoms with Crippen LogP contribution >= 0.6 is 0 Å². The number of benzene rings is 3. The van der Waals surface area contributed by atoms with Gasteiger partial charge in [-0.05, 0) is 11.6 Å². The number of amides is 1. The number of phenols is 1. The molecular formula is C19H14N2O4. The van der Waals surface area contributed by atoms with E-state index in [2.05, 4.69) is 5.32 Å². The molecule has 0 saturated carbocycles. The van der Waals surface area contributed by atoms with Gasteiger partial charge >= 0.3 is 0 Å². The van der Waals surface area contributed by atoms with Crippen LogP contribution in [0, 0.1) is 10.1 Å². The number of nitro groups is 1. The molecule has 3 aromatic rings. The van der Waals surface area contributed by atoms with Gasteiger partial charge in [0.05, 0.1) is 10.6 Å². The van der Waals surface area contributed by atoms with Crippen LogP contribution in [0.5, 0.6) is 5.75 Å². The molecule has 6 heteroatoms. The number of nitrogens with zero attached hydrogens (tertiary/aromatic N) is 1. The number of aromatic hydroxyl groups is 1. The van der Waals surface area contributed by atoms with Gasteiger partial charge in [0, 0.05) is 34.7 Å². The van der Waals surface area contributed by atoms with Crippen LogP contribution in [0.4, 0.5) is 11.4 Å². The van der Waals surface area contributed by atoms with Crippen molar-refractivity contribution in [3.05, 3.63) is 75.8 Å². The van der Waals surface area contributed by atoms with Gasteiger partial charge in [-0.1, -0.05) is 42.5 Å². The van der Waals surface area contributed by atoms with Crippen molar-refractivity contribution in [3.8, 4) is 5.75 Å². The summed E-state index contributed by atoms with van der Waals surface area (Å²) >= 11 is 0. The molecule has 0 aromatic heterocycles. The molecule has 2 N–H and O–H groups in total. The van der Waals surface area contributed by atoms with E-state index in [4.69, 9.17) is 0 Å². The SMILES string of the molecule is O=C1CC(c2ccccc2[N+](=O)[O-])c2ccc3c(O)cccc3c2N1. The number of hydrogen-bond donors (Lipinski definition) is 2. The Labute approximate surface area is 142 Å². The molecule has 124 valence electrons. The van der Waals surface area contributed by atoms with Gasteiger partial charge in [0.25, 0.3) is 5.69 Å². The van der Waals surface area contributed by atoms with Gasteiger partial charge in [-0.25, -0.2) is 0 Å². The second-order valence-electron chi connectivity index (χ2n) is 6.02. The molecule has 0 bridgehead atoms. The second kappa shape index (κ2) is 5.59. The first-order chi connectivity index (χ1) is 12.1. The number of nitrogens with one attached hydrogen (secondary N) is 1. The summed E-state index contributed by atoms with van der Waals surface area (Å²) in [6, 6.07) is 15.2.